The minimum atomic E-state index is -0.677. The van der Waals surface area contributed by atoms with E-state index in [2.05, 4.69) is 15.5 Å². The van der Waals surface area contributed by atoms with Crippen molar-refractivity contribution in [3.63, 3.8) is 0 Å². The lowest BCUT2D eigenvalue weighted by Crippen LogP contribution is -2.46. The number of nitrogens with zero attached hydrogens (tertiary/aromatic N) is 3. The molecule has 1 aromatic rings. The summed E-state index contributed by atoms with van der Waals surface area (Å²) in [5.41, 5.74) is -0.677. The van der Waals surface area contributed by atoms with E-state index in [1.54, 1.807) is 7.11 Å². The summed E-state index contributed by atoms with van der Waals surface area (Å²) in [5.74, 6) is 0.552. The van der Waals surface area contributed by atoms with E-state index in [0.29, 0.717) is 31.6 Å². The molecule has 7 heteroatoms. The van der Waals surface area contributed by atoms with Crippen molar-refractivity contribution >= 4 is 6.01 Å². The van der Waals surface area contributed by atoms with Gasteiger partial charge in [-0.05, 0) is 19.8 Å². The predicted octanol–water partition coefficient (Wildman–Crippen LogP) is 0.157. The Morgan fingerprint density at radius 2 is 2.37 bits per heavy atom. The van der Waals surface area contributed by atoms with Crippen molar-refractivity contribution in [2.45, 2.75) is 31.9 Å². The zero-order chi connectivity index (χ0) is 13.7. The van der Waals surface area contributed by atoms with Crippen LogP contribution < -0.4 is 10.2 Å². The Kier molecular flexibility index (Phi) is 4.73. The predicted molar refractivity (Wildman–Crippen MR) is 70.0 cm³/mol. The normalized spacial score (nSPS) is 23.8. The summed E-state index contributed by atoms with van der Waals surface area (Å²) < 4.78 is 10.5. The van der Waals surface area contributed by atoms with E-state index in [1.807, 2.05) is 11.8 Å². The van der Waals surface area contributed by atoms with Crippen molar-refractivity contribution in [1.29, 1.82) is 0 Å². The van der Waals surface area contributed by atoms with Gasteiger partial charge in [0.2, 0.25) is 5.89 Å². The molecule has 7 nitrogen and oxygen atoms in total. The van der Waals surface area contributed by atoms with Crippen LogP contribution in [0.15, 0.2) is 4.42 Å². The minimum absolute atomic E-state index is 0.489. The molecule has 0 aliphatic carbocycles. The molecule has 1 atom stereocenters. The van der Waals surface area contributed by atoms with Gasteiger partial charge in [0.05, 0.1) is 25.3 Å². The van der Waals surface area contributed by atoms with Crippen LogP contribution in [0, 0.1) is 0 Å². The summed E-state index contributed by atoms with van der Waals surface area (Å²) in [5, 5.41) is 21.2. The molecule has 0 bridgehead atoms. The second kappa shape index (κ2) is 6.31. The first-order valence-corrected chi connectivity index (χ1v) is 6.60. The number of aromatic nitrogens is 2. The van der Waals surface area contributed by atoms with Crippen molar-refractivity contribution < 1.29 is 14.3 Å². The lowest BCUT2D eigenvalue weighted by Gasteiger charge is -2.35. The molecule has 0 aromatic carbocycles. The average molecular weight is 270 g/mol. The number of hydrogen-bond donors (Lipinski definition) is 2. The highest BCUT2D eigenvalue weighted by atomic mass is 16.5. The molecule has 1 unspecified atom stereocenters. The second-order valence-corrected chi connectivity index (χ2v) is 5.17. The number of methoxy groups -OCH3 is 1. The molecule has 0 spiro atoms. The molecule has 1 aliphatic rings. The van der Waals surface area contributed by atoms with E-state index in [-0.39, 0.29) is 0 Å². The number of hydrogen-bond acceptors (Lipinski definition) is 7. The van der Waals surface area contributed by atoms with Gasteiger partial charge in [-0.2, -0.15) is 0 Å². The monoisotopic (exact) mass is 270 g/mol. The molecular formula is C12H22N4O3. The maximum absolute atomic E-state index is 10.1. The number of anilines is 1. The third-order valence-electron chi connectivity index (χ3n) is 3.16. The molecule has 0 amide bonds. The molecule has 2 rings (SSSR count). The Balaban J connectivity index is 1.86. The highest BCUT2D eigenvalue weighted by Gasteiger charge is 2.30. The number of β-amino-alcohol motifs (C(OH)–C–C–N with tert-alkyl or cyclic N) is 1. The van der Waals surface area contributed by atoms with Crippen LogP contribution in [0.1, 0.15) is 25.7 Å². The Morgan fingerprint density at radius 1 is 1.53 bits per heavy atom. The summed E-state index contributed by atoms with van der Waals surface area (Å²) in [7, 11) is 1.66. The van der Waals surface area contributed by atoms with E-state index in [1.165, 1.54) is 0 Å². The zero-order valence-electron chi connectivity index (χ0n) is 11.6. The number of aliphatic hydroxyl groups is 1. The second-order valence-electron chi connectivity index (χ2n) is 5.17. The minimum Gasteiger partial charge on any atom is -0.407 e. The summed E-state index contributed by atoms with van der Waals surface area (Å²) >= 11 is 0. The van der Waals surface area contributed by atoms with Gasteiger partial charge in [0.1, 0.15) is 0 Å². The van der Waals surface area contributed by atoms with Crippen molar-refractivity contribution in [3.8, 4) is 0 Å². The molecule has 19 heavy (non-hydrogen) atoms. The smallest absolute Gasteiger partial charge is 0.318 e. The molecule has 2 heterocycles. The molecule has 1 saturated heterocycles. The molecule has 0 radical (unpaired) electrons. The number of rotatable bonds is 6. The van der Waals surface area contributed by atoms with Crippen LogP contribution in [0.4, 0.5) is 6.01 Å². The Bertz CT molecular complexity index is 394. The van der Waals surface area contributed by atoms with Gasteiger partial charge < -0.3 is 24.5 Å². The van der Waals surface area contributed by atoms with E-state index in [9.17, 15) is 5.11 Å². The van der Waals surface area contributed by atoms with Crippen LogP contribution in [0.2, 0.25) is 0 Å². The van der Waals surface area contributed by atoms with E-state index < -0.39 is 5.60 Å². The number of piperidine rings is 1. The highest BCUT2D eigenvalue weighted by molar-refractivity contribution is 5.26. The first-order chi connectivity index (χ1) is 9.11. The summed E-state index contributed by atoms with van der Waals surface area (Å²) in [6.07, 6.45) is 1.74. The van der Waals surface area contributed by atoms with Crippen molar-refractivity contribution in [2.24, 2.45) is 0 Å². The lowest BCUT2D eigenvalue weighted by molar-refractivity contribution is 0.0434. The molecule has 0 saturated carbocycles. The molecule has 1 aromatic heterocycles. The van der Waals surface area contributed by atoms with E-state index in [0.717, 1.165) is 25.9 Å². The van der Waals surface area contributed by atoms with Crippen LogP contribution in [0.3, 0.4) is 0 Å². The van der Waals surface area contributed by atoms with Crippen LogP contribution in [-0.4, -0.2) is 54.3 Å². The maximum Gasteiger partial charge on any atom is 0.318 e. The third-order valence-corrected chi connectivity index (χ3v) is 3.16. The van der Waals surface area contributed by atoms with Crippen LogP contribution in [0.25, 0.3) is 0 Å². The highest BCUT2D eigenvalue weighted by Crippen LogP contribution is 2.24. The Hall–Kier alpha value is -1.18. The molecule has 1 aliphatic heterocycles. The number of nitrogens with one attached hydrogen (secondary N) is 1. The summed E-state index contributed by atoms with van der Waals surface area (Å²) in [4.78, 5) is 1.94. The fourth-order valence-corrected chi connectivity index (χ4v) is 2.20. The Labute approximate surface area is 112 Å². The van der Waals surface area contributed by atoms with E-state index >= 15 is 0 Å². The van der Waals surface area contributed by atoms with Gasteiger partial charge in [-0.15, -0.1) is 5.10 Å². The van der Waals surface area contributed by atoms with Crippen molar-refractivity contribution in [2.75, 3.05) is 38.3 Å². The standard InChI is InChI=1S/C12H22N4O3/c1-12(17)4-3-6-16(9-12)11-15-14-10(19-11)8-13-5-7-18-2/h13,17H,3-9H2,1-2H3. The first kappa shape index (κ1) is 14.2. The molecule has 1 fully saturated rings. The fourth-order valence-electron chi connectivity index (χ4n) is 2.20. The largest absolute Gasteiger partial charge is 0.407 e. The average Bonchev–Trinajstić information content (AvgIpc) is 2.82. The quantitative estimate of drug-likeness (QED) is 0.712. The molecule has 108 valence electrons. The van der Waals surface area contributed by atoms with Gasteiger partial charge in [0.25, 0.3) is 0 Å². The zero-order valence-corrected chi connectivity index (χ0v) is 11.6. The van der Waals surface area contributed by atoms with Crippen LogP contribution in [0.5, 0.6) is 0 Å². The van der Waals surface area contributed by atoms with Gasteiger partial charge >= 0.3 is 6.01 Å². The van der Waals surface area contributed by atoms with Gasteiger partial charge in [-0.25, -0.2) is 0 Å². The van der Waals surface area contributed by atoms with Crippen LogP contribution in [-0.2, 0) is 11.3 Å². The molecule has 2 N–H and O–H groups in total. The van der Waals surface area contributed by atoms with Crippen molar-refractivity contribution in [3.05, 3.63) is 5.89 Å². The number of ether oxygens (including phenoxy) is 1. The molecular weight excluding hydrogens is 248 g/mol. The third kappa shape index (κ3) is 4.15. The van der Waals surface area contributed by atoms with E-state index in [4.69, 9.17) is 9.15 Å². The summed E-state index contributed by atoms with van der Waals surface area (Å²) in [6, 6.07) is 0.489. The SMILES string of the molecule is COCCNCc1nnc(N2CCCC(C)(O)C2)o1. The van der Waals surface area contributed by atoms with Crippen LogP contribution >= 0.6 is 0 Å². The summed E-state index contributed by atoms with van der Waals surface area (Å²) in [6.45, 7) is 5.13. The first-order valence-electron chi connectivity index (χ1n) is 6.60. The maximum atomic E-state index is 10.1. The van der Waals surface area contributed by atoms with Gasteiger partial charge in [0, 0.05) is 20.2 Å². The van der Waals surface area contributed by atoms with Crippen molar-refractivity contribution in [1.82, 2.24) is 15.5 Å². The fraction of sp³-hybridized carbons (Fsp3) is 0.833. The Morgan fingerprint density at radius 3 is 3.11 bits per heavy atom. The van der Waals surface area contributed by atoms with Gasteiger partial charge in [-0.3, -0.25) is 0 Å². The lowest BCUT2D eigenvalue weighted by atomic mass is 9.96. The van der Waals surface area contributed by atoms with Gasteiger partial charge in [0.15, 0.2) is 0 Å². The van der Waals surface area contributed by atoms with Gasteiger partial charge in [-0.1, -0.05) is 5.10 Å². The topological polar surface area (TPSA) is 83.7 Å².